The number of aromatic nitrogens is 1. The van der Waals surface area contributed by atoms with Gasteiger partial charge in [-0.1, -0.05) is 12.1 Å². The normalized spacial score (nSPS) is 12.2. The van der Waals surface area contributed by atoms with Crippen molar-refractivity contribution < 1.29 is 9.13 Å². The van der Waals surface area contributed by atoms with E-state index in [1.165, 1.54) is 13.2 Å². The maximum Gasteiger partial charge on any atom is 0.131 e. The highest BCUT2D eigenvalue weighted by atomic mass is 35.5. The molecule has 1 unspecified atom stereocenters. The third kappa shape index (κ3) is 2.99. The first-order chi connectivity index (χ1) is 8.70. The van der Waals surface area contributed by atoms with Crippen LogP contribution in [0.15, 0.2) is 42.6 Å². The number of halogens is 2. The van der Waals surface area contributed by atoms with Gasteiger partial charge in [-0.2, -0.15) is 0 Å². The van der Waals surface area contributed by atoms with Crippen molar-refractivity contribution in [1.82, 2.24) is 4.98 Å². The molecule has 0 spiro atoms. The Bertz CT molecular complexity index is 518. The maximum atomic E-state index is 13.8. The Hall–Kier alpha value is -1.61. The van der Waals surface area contributed by atoms with E-state index < -0.39 is 5.38 Å². The minimum Gasteiger partial charge on any atom is -0.497 e. The quantitative estimate of drug-likeness (QED) is 0.786. The summed E-state index contributed by atoms with van der Waals surface area (Å²) in [7, 11) is 1.50. The lowest BCUT2D eigenvalue weighted by Gasteiger charge is -2.11. The maximum absolute atomic E-state index is 13.8. The van der Waals surface area contributed by atoms with E-state index in [2.05, 4.69) is 4.98 Å². The molecule has 0 N–H and O–H groups in total. The molecule has 0 saturated heterocycles. The second-order valence-electron chi connectivity index (χ2n) is 3.88. The number of rotatable bonds is 4. The minimum absolute atomic E-state index is 0.356. The van der Waals surface area contributed by atoms with Gasteiger partial charge >= 0.3 is 0 Å². The SMILES string of the molecule is COc1ccc(C(Cl)Cc2ccccn2)c(F)c1. The van der Waals surface area contributed by atoms with E-state index in [0.717, 1.165) is 5.69 Å². The predicted molar refractivity (Wildman–Crippen MR) is 69.5 cm³/mol. The van der Waals surface area contributed by atoms with Crippen molar-refractivity contribution in [2.45, 2.75) is 11.8 Å². The van der Waals surface area contributed by atoms with Gasteiger partial charge in [0.2, 0.25) is 0 Å². The molecule has 1 aromatic heterocycles. The topological polar surface area (TPSA) is 22.1 Å². The Kier molecular flexibility index (Phi) is 4.15. The summed E-state index contributed by atoms with van der Waals surface area (Å²) in [5.41, 5.74) is 1.30. The molecule has 4 heteroatoms. The van der Waals surface area contributed by atoms with E-state index in [4.69, 9.17) is 16.3 Å². The van der Waals surface area contributed by atoms with Crippen LogP contribution in [0.2, 0.25) is 0 Å². The molecular weight excluding hydrogens is 253 g/mol. The van der Waals surface area contributed by atoms with Crippen LogP contribution in [0.25, 0.3) is 0 Å². The molecule has 1 aromatic carbocycles. The molecule has 0 aliphatic heterocycles. The zero-order valence-electron chi connectivity index (χ0n) is 9.94. The summed E-state index contributed by atoms with van der Waals surface area (Å²) >= 11 is 6.22. The molecule has 0 amide bonds. The summed E-state index contributed by atoms with van der Waals surface area (Å²) in [5, 5.41) is -0.439. The number of hydrogen-bond donors (Lipinski definition) is 0. The molecule has 0 aliphatic rings. The van der Waals surface area contributed by atoms with Gasteiger partial charge < -0.3 is 4.74 Å². The van der Waals surface area contributed by atoms with Gasteiger partial charge in [0.05, 0.1) is 12.5 Å². The fraction of sp³-hybridized carbons (Fsp3) is 0.214. The highest BCUT2D eigenvalue weighted by molar-refractivity contribution is 6.20. The average molecular weight is 266 g/mol. The lowest BCUT2D eigenvalue weighted by atomic mass is 10.1. The van der Waals surface area contributed by atoms with E-state index in [0.29, 0.717) is 17.7 Å². The first-order valence-corrected chi connectivity index (χ1v) is 6.01. The lowest BCUT2D eigenvalue weighted by Crippen LogP contribution is -2.01. The van der Waals surface area contributed by atoms with Crippen molar-refractivity contribution in [2.75, 3.05) is 7.11 Å². The van der Waals surface area contributed by atoms with Crippen LogP contribution < -0.4 is 4.74 Å². The molecule has 2 nitrogen and oxygen atoms in total. The van der Waals surface area contributed by atoms with Gasteiger partial charge in [0, 0.05) is 29.9 Å². The van der Waals surface area contributed by atoms with E-state index in [-0.39, 0.29) is 5.82 Å². The Morgan fingerprint density at radius 1 is 1.33 bits per heavy atom. The van der Waals surface area contributed by atoms with Crippen LogP contribution in [-0.2, 0) is 6.42 Å². The Balaban J connectivity index is 2.16. The smallest absolute Gasteiger partial charge is 0.131 e. The molecular formula is C14H13ClFNO. The first kappa shape index (κ1) is 12.8. The monoisotopic (exact) mass is 265 g/mol. The molecule has 2 aromatic rings. The first-order valence-electron chi connectivity index (χ1n) is 5.58. The number of nitrogens with zero attached hydrogens (tertiary/aromatic N) is 1. The minimum atomic E-state index is -0.439. The zero-order valence-corrected chi connectivity index (χ0v) is 10.7. The highest BCUT2D eigenvalue weighted by Crippen LogP contribution is 2.28. The molecule has 2 rings (SSSR count). The van der Waals surface area contributed by atoms with E-state index >= 15 is 0 Å². The third-order valence-electron chi connectivity index (χ3n) is 2.66. The number of hydrogen-bond acceptors (Lipinski definition) is 2. The molecule has 0 bridgehead atoms. The zero-order chi connectivity index (χ0) is 13.0. The molecule has 0 saturated carbocycles. The number of alkyl halides is 1. The summed E-state index contributed by atoms with van der Waals surface area (Å²) in [4.78, 5) is 4.18. The van der Waals surface area contributed by atoms with Crippen LogP contribution >= 0.6 is 11.6 Å². The van der Waals surface area contributed by atoms with Crippen LogP contribution in [-0.4, -0.2) is 12.1 Å². The number of ether oxygens (including phenoxy) is 1. The number of pyridine rings is 1. The summed E-state index contributed by atoms with van der Waals surface area (Å²) in [6, 6.07) is 10.3. The van der Waals surface area contributed by atoms with Crippen molar-refractivity contribution >= 4 is 11.6 Å². The van der Waals surface area contributed by atoms with E-state index in [9.17, 15) is 4.39 Å². The highest BCUT2D eigenvalue weighted by Gasteiger charge is 2.14. The van der Waals surface area contributed by atoms with Gasteiger partial charge in [-0.15, -0.1) is 11.6 Å². The Morgan fingerprint density at radius 3 is 2.78 bits per heavy atom. The largest absolute Gasteiger partial charge is 0.497 e. The molecule has 1 heterocycles. The van der Waals surface area contributed by atoms with Gasteiger partial charge in [0.15, 0.2) is 0 Å². The molecule has 94 valence electrons. The van der Waals surface area contributed by atoms with Crippen molar-refractivity contribution in [3.63, 3.8) is 0 Å². The molecule has 0 radical (unpaired) electrons. The van der Waals surface area contributed by atoms with E-state index in [1.54, 1.807) is 18.3 Å². The van der Waals surface area contributed by atoms with Crippen molar-refractivity contribution in [1.29, 1.82) is 0 Å². The number of methoxy groups -OCH3 is 1. The average Bonchev–Trinajstić information content (AvgIpc) is 2.39. The summed E-state index contributed by atoms with van der Waals surface area (Å²) in [6.45, 7) is 0. The molecule has 1 atom stereocenters. The van der Waals surface area contributed by atoms with Crippen LogP contribution in [0, 0.1) is 5.82 Å². The van der Waals surface area contributed by atoms with Crippen molar-refractivity contribution in [3.8, 4) is 5.75 Å². The second kappa shape index (κ2) is 5.83. The van der Waals surface area contributed by atoms with Gasteiger partial charge in [-0.3, -0.25) is 4.98 Å². The van der Waals surface area contributed by atoms with Gasteiger partial charge in [0.25, 0.3) is 0 Å². The second-order valence-corrected chi connectivity index (χ2v) is 4.41. The van der Waals surface area contributed by atoms with Gasteiger partial charge in [-0.05, 0) is 18.2 Å². The van der Waals surface area contributed by atoms with Crippen molar-refractivity contribution in [2.24, 2.45) is 0 Å². The standard InChI is InChI=1S/C14H13ClFNO/c1-18-11-5-6-12(14(16)9-11)13(15)8-10-4-2-3-7-17-10/h2-7,9,13H,8H2,1H3. The molecule has 18 heavy (non-hydrogen) atoms. The fourth-order valence-corrected chi connectivity index (χ4v) is 2.04. The van der Waals surface area contributed by atoms with Gasteiger partial charge in [-0.25, -0.2) is 4.39 Å². The van der Waals surface area contributed by atoms with Crippen LogP contribution in [0.5, 0.6) is 5.75 Å². The lowest BCUT2D eigenvalue weighted by molar-refractivity contribution is 0.410. The van der Waals surface area contributed by atoms with Crippen LogP contribution in [0.1, 0.15) is 16.6 Å². The third-order valence-corrected chi connectivity index (χ3v) is 3.05. The predicted octanol–water partition coefficient (Wildman–Crippen LogP) is 3.75. The van der Waals surface area contributed by atoms with Crippen LogP contribution in [0.4, 0.5) is 4.39 Å². The fourth-order valence-electron chi connectivity index (χ4n) is 1.70. The van der Waals surface area contributed by atoms with Crippen molar-refractivity contribution in [3.05, 3.63) is 59.7 Å². The summed E-state index contributed by atoms with van der Waals surface area (Å²) in [6.07, 6.45) is 2.19. The molecule has 0 fully saturated rings. The Labute approximate surface area is 110 Å². The number of benzene rings is 1. The summed E-state index contributed by atoms with van der Waals surface area (Å²) in [5.74, 6) is 0.128. The molecule has 0 aliphatic carbocycles. The summed E-state index contributed by atoms with van der Waals surface area (Å²) < 4.78 is 18.8. The van der Waals surface area contributed by atoms with Crippen LogP contribution in [0.3, 0.4) is 0 Å². The van der Waals surface area contributed by atoms with Gasteiger partial charge in [0.1, 0.15) is 11.6 Å². The van der Waals surface area contributed by atoms with E-state index in [1.807, 2.05) is 18.2 Å². The Morgan fingerprint density at radius 2 is 2.17 bits per heavy atom.